The van der Waals surface area contributed by atoms with Gasteiger partial charge in [0.2, 0.25) is 0 Å². The maximum absolute atomic E-state index is 12.8. The topological polar surface area (TPSA) is 37.8 Å². The molecular weight excluding hydrogens is 219 g/mol. The Morgan fingerprint density at radius 2 is 2.00 bits per heavy atom. The molecule has 16 heavy (non-hydrogen) atoms. The molecule has 0 amide bonds. The third-order valence-electron chi connectivity index (χ3n) is 2.77. The number of rotatable bonds is 1. The fourth-order valence-corrected chi connectivity index (χ4v) is 2.13. The molecule has 1 N–H and O–H groups in total. The van der Waals surface area contributed by atoms with Gasteiger partial charge in [0, 0.05) is 17.3 Å². The van der Waals surface area contributed by atoms with Crippen molar-refractivity contribution < 1.29 is 13.2 Å². The minimum Gasteiger partial charge on any atom is -0.313 e. The maximum atomic E-state index is 12.8. The van der Waals surface area contributed by atoms with Crippen LogP contribution >= 0.6 is 0 Å². The molecule has 0 fully saturated rings. The summed E-state index contributed by atoms with van der Waals surface area (Å²) in [6.45, 7) is 1.49. The van der Waals surface area contributed by atoms with Gasteiger partial charge in [0.05, 0.1) is 0 Å². The lowest BCUT2D eigenvalue weighted by atomic mass is 10.1. The van der Waals surface area contributed by atoms with Crippen molar-refractivity contribution in [2.24, 2.45) is 0 Å². The Balaban J connectivity index is 2.61. The first-order valence-corrected chi connectivity index (χ1v) is 5.05. The van der Waals surface area contributed by atoms with Crippen molar-refractivity contribution in [2.45, 2.75) is 32.0 Å². The van der Waals surface area contributed by atoms with E-state index in [9.17, 15) is 13.2 Å². The normalized spacial score (nSPS) is 19.9. The van der Waals surface area contributed by atoms with E-state index in [-0.39, 0.29) is 17.4 Å². The zero-order valence-electron chi connectivity index (χ0n) is 9.02. The molecule has 0 radical (unpaired) electrons. The van der Waals surface area contributed by atoms with Crippen molar-refractivity contribution in [2.75, 3.05) is 7.05 Å². The van der Waals surface area contributed by atoms with Gasteiger partial charge < -0.3 is 5.32 Å². The Hall–Kier alpha value is -1.17. The standard InChI is InChI=1S/C10H12F3N3/c1-5-15-7-4-3-6(14-2)8(7)9(16-5)10(11,12)13/h6,14H,3-4H2,1-2H3. The lowest BCUT2D eigenvalue weighted by Gasteiger charge is -2.16. The highest BCUT2D eigenvalue weighted by atomic mass is 19.4. The van der Waals surface area contributed by atoms with Gasteiger partial charge >= 0.3 is 6.18 Å². The highest BCUT2D eigenvalue weighted by Crippen LogP contribution is 2.39. The van der Waals surface area contributed by atoms with Gasteiger partial charge in [-0.15, -0.1) is 0 Å². The Morgan fingerprint density at radius 1 is 1.31 bits per heavy atom. The predicted octanol–water partition coefficient (Wildman–Crippen LogP) is 2.01. The van der Waals surface area contributed by atoms with Crippen LogP contribution in [0, 0.1) is 6.92 Å². The highest BCUT2D eigenvalue weighted by molar-refractivity contribution is 5.35. The maximum Gasteiger partial charge on any atom is 0.433 e. The molecule has 0 spiro atoms. The van der Waals surface area contributed by atoms with E-state index in [1.54, 1.807) is 7.05 Å². The van der Waals surface area contributed by atoms with Crippen LogP contribution in [0.1, 0.15) is 35.2 Å². The summed E-state index contributed by atoms with van der Waals surface area (Å²) in [6.07, 6.45) is -3.18. The molecule has 1 heterocycles. The number of nitrogens with zero attached hydrogens (tertiary/aromatic N) is 2. The molecule has 1 atom stereocenters. The van der Waals surface area contributed by atoms with Crippen LogP contribution in [0.5, 0.6) is 0 Å². The van der Waals surface area contributed by atoms with Crippen LogP contribution in [-0.4, -0.2) is 17.0 Å². The van der Waals surface area contributed by atoms with Crippen LogP contribution in [0.15, 0.2) is 0 Å². The zero-order valence-corrected chi connectivity index (χ0v) is 9.02. The first-order valence-electron chi connectivity index (χ1n) is 5.05. The Bertz CT molecular complexity index is 415. The minimum absolute atomic E-state index is 0.183. The molecule has 2 rings (SSSR count). The molecule has 0 bridgehead atoms. The molecule has 88 valence electrons. The summed E-state index contributed by atoms with van der Waals surface area (Å²) in [4.78, 5) is 7.61. The van der Waals surface area contributed by atoms with Gasteiger partial charge in [0.1, 0.15) is 5.82 Å². The average molecular weight is 231 g/mol. The average Bonchev–Trinajstić information content (AvgIpc) is 2.57. The van der Waals surface area contributed by atoms with Crippen molar-refractivity contribution in [3.05, 3.63) is 22.8 Å². The summed E-state index contributed by atoms with van der Waals surface area (Å²) < 4.78 is 38.4. The van der Waals surface area contributed by atoms with E-state index in [0.717, 1.165) is 0 Å². The largest absolute Gasteiger partial charge is 0.433 e. The molecule has 6 heteroatoms. The Morgan fingerprint density at radius 3 is 2.56 bits per heavy atom. The molecule has 1 aliphatic carbocycles. The summed E-state index contributed by atoms with van der Waals surface area (Å²) in [7, 11) is 1.65. The summed E-state index contributed by atoms with van der Waals surface area (Å²) in [5.41, 5.74) is -0.0355. The number of halogens is 3. The molecule has 3 nitrogen and oxygen atoms in total. The molecule has 1 aromatic heterocycles. The summed E-state index contributed by atoms with van der Waals surface area (Å²) in [6, 6.07) is -0.285. The molecular formula is C10H12F3N3. The van der Waals surface area contributed by atoms with E-state index in [4.69, 9.17) is 0 Å². The lowest BCUT2D eigenvalue weighted by molar-refractivity contribution is -0.142. The van der Waals surface area contributed by atoms with Crippen molar-refractivity contribution in [3.8, 4) is 0 Å². The fourth-order valence-electron chi connectivity index (χ4n) is 2.13. The van der Waals surface area contributed by atoms with E-state index in [2.05, 4.69) is 15.3 Å². The lowest BCUT2D eigenvalue weighted by Crippen LogP contribution is -2.21. The van der Waals surface area contributed by atoms with E-state index in [1.165, 1.54) is 6.92 Å². The predicted molar refractivity (Wildman–Crippen MR) is 51.9 cm³/mol. The summed E-state index contributed by atoms with van der Waals surface area (Å²) in [5.74, 6) is 0.183. The second kappa shape index (κ2) is 3.69. The summed E-state index contributed by atoms with van der Waals surface area (Å²) in [5, 5.41) is 2.87. The van der Waals surface area contributed by atoms with Gasteiger partial charge in [-0.1, -0.05) is 0 Å². The van der Waals surface area contributed by atoms with Gasteiger partial charge in [-0.2, -0.15) is 13.2 Å². The van der Waals surface area contributed by atoms with Crippen LogP contribution in [0.4, 0.5) is 13.2 Å². The number of nitrogens with one attached hydrogen (secondary N) is 1. The Kier molecular flexibility index (Phi) is 2.61. The van der Waals surface area contributed by atoms with E-state index < -0.39 is 11.9 Å². The monoisotopic (exact) mass is 231 g/mol. The SMILES string of the molecule is CNC1CCc2nc(C)nc(C(F)(F)F)c21. The first-order chi connectivity index (χ1) is 7.43. The van der Waals surface area contributed by atoms with Crippen LogP contribution in [-0.2, 0) is 12.6 Å². The van der Waals surface area contributed by atoms with Crippen LogP contribution in [0.25, 0.3) is 0 Å². The number of hydrogen-bond acceptors (Lipinski definition) is 3. The van der Waals surface area contributed by atoms with Crippen LogP contribution in [0.3, 0.4) is 0 Å². The first kappa shape index (κ1) is 11.3. The van der Waals surface area contributed by atoms with Crippen molar-refractivity contribution in [3.63, 3.8) is 0 Å². The molecule has 1 aromatic rings. The second-order valence-corrected chi connectivity index (χ2v) is 3.86. The number of hydrogen-bond donors (Lipinski definition) is 1. The summed E-state index contributed by atoms with van der Waals surface area (Å²) >= 11 is 0. The third-order valence-corrected chi connectivity index (χ3v) is 2.77. The minimum atomic E-state index is -4.41. The van der Waals surface area contributed by atoms with E-state index >= 15 is 0 Å². The van der Waals surface area contributed by atoms with E-state index in [0.29, 0.717) is 18.5 Å². The number of aryl methyl sites for hydroxylation is 2. The van der Waals surface area contributed by atoms with E-state index in [1.807, 2.05) is 0 Å². The van der Waals surface area contributed by atoms with Crippen molar-refractivity contribution in [1.82, 2.24) is 15.3 Å². The Labute approximate surface area is 91.1 Å². The van der Waals surface area contributed by atoms with Gasteiger partial charge in [0.25, 0.3) is 0 Å². The molecule has 0 aliphatic heterocycles. The number of fused-ring (bicyclic) bond motifs is 1. The van der Waals surface area contributed by atoms with Gasteiger partial charge in [-0.05, 0) is 26.8 Å². The highest BCUT2D eigenvalue weighted by Gasteiger charge is 2.40. The number of aromatic nitrogens is 2. The second-order valence-electron chi connectivity index (χ2n) is 3.86. The molecule has 0 saturated carbocycles. The van der Waals surface area contributed by atoms with Crippen molar-refractivity contribution >= 4 is 0 Å². The molecule has 0 aromatic carbocycles. The van der Waals surface area contributed by atoms with Crippen LogP contribution in [0.2, 0.25) is 0 Å². The van der Waals surface area contributed by atoms with Gasteiger partial charge in [-0.25, -0.2) is 9.97 Å². The van der Waals surface area contributed by atoms with Gasteiger partial charge in [0.15, 0.2) is 5.69 Å². The smallest absolute Gasteiger partial charge is 0.313 e. The van der Waals surface area contributed by atoms with Gasteiger partial charge in [-0.3, -0.25) is 0 Å². The molecule has 1 unspecified atom stereocenters. The van der Waals surface area contributed by atoms with Crippen LogP contribution < -0.4 is 5.32 Å². The molecule has 1 aliphatic rings. The third kappa shape index (κ3) is 1.77. The van der Waals surface area contributed by atoms with Crippen molar-refractivity contribution in [1.29, 1.82) is 0 Å². The zero-order chi connectivity index (χ0) is 11.9. The molecule has 0 saturated heterocycles. The quantitative estimate of drug-likeness (QED) is 0.803. The fraction of sp³-hybridized carbons (Fsp3) is 0.600. The number of alkyl halides is 3.